The molecular weight excluding hydrogens is 382 g/mol. The highest BCUT2D eigenvalue weighted by Crippen LogP contribution is 2.26. The molecule has 8 heteroatoms. The lowest BCUT2D eigenvalue weighted by Gasteiger charge is -2.05. The van der Waals surface area contributed by atoms with Crippen LogP contribution < -0.4 is 5.32 Å². The van der Waals surface area contributed by atoms with Gasteiger partial charge in [-0.05, 0) is 18.4 Å². The van der Waals surface area contributed by atoms with Gasteiger partial charge in [-0.15, -0.1) is 22.7 Å². The van der Waals surface area contributed by atoms with Gasteiger partial charge in [-0.1, -0.05) is 38.1 Å². The second-order valence-electron chi connectivity index (χ2n) is 6.03. The number of anilines is 1. The summed E-state index contributed by atoms with van der Waals surface area (Å²) < 4.78 is 4.89. The summed E-state index contributed by atoms with van der Waals surface area (Å²) in [5.41, 5.74) is 2.73. The predicted molar refractivity (Wildman–Crippen MR) is 108 cm³/mol. The summed E-state index contributed by atoms with van der Waals surface area (Å²) in [5.74, 6) is -0.398. The Hall–Kier alpha value is -2.58. The van der Waals surface area contributed by atoms with E-state index in [0.29, 0.717) is 16.7 Å². The molecule has 0 aliphatic heterocycles. The fourth-order valence-corrected chi connectivity index (χ4v) is 3.79. The smallest absolute Gasteiger partial charge is 0.357 e. The molecule has 0 spiro atoms. The molecule has 0 atom stereocenters. The van der Waals surface area contributed by atoms with Crippen LogP contribution in [-0.2, 0) is 4.74 Å². The standard InChI is InChI=1S/C19H19N3O3S2/c1-4-25-18(24)15-10-27-19(21-15)22-16(23)14-9-26-17(20-14)13-7-5-12(6-8-13)11(2)3/h5-11H,4H2,1-3H3,(H,21,22,23). The molecule has 140 valence electrons. The van der Waals surface area contributed by atoms with Gasteiger partial charge in [0.2, 0.25) is 0 Å². The van der Waals surface area contributed by atoms with E-state index in [9.17, 15) is 9.59 Å². The monoisotopic (exact) mass is 401 g/mol. The highest BCUT2D eigenvalue weighted by molar-refractivity contribution is 7.14. The molecule has 27 heavy (non-hydrogen) atoms. The molecular formula is C19H19N3O3S2. The second-order valence-corrected chi connectivity index (χ2v) is 7.74. The predicted octanol–water partition coefficient (Wildman–Crippen LogP) is 4.82. The maximum Gasteiger partial charge on any atom is 0.357 e. The summed E-state index contributed by atoms with van der Waals surface area (Å²) in [6, 6.07) is 8.19. The minimum atomic E-state index is -0.505. The molecule has 0 fully saturated rings. The molecule has 0 aliphatic rings. The van der Waals surface area contributed by atoms with Crippen molar-refractivity contribution in [2.24, 2.45) is 0 Å². The Morgan fingerprint density at radius 1 is 1.07 bits per heavy atom. The van der Waals surface area contributed by atoms with Crippen molar-refractivity contribution < 1.29 is 14.3 Å². The Labute approximate surface area is 165 Å². The lowest BCUT2D eigenvalue weighted by atomic mass is 10.0. The largest absolute Gasteiger partial charge is 0.461 e. The molecule has 0 bridgehead atoms. The van der Waals surface area contributed by atoms with Gasteiger partial charge in [0.1, 0.15) is 10.7 Å². The third-order valence-corrected chi connectivity index (χ3v) is 5.42. The van der Waals surface area contributed by atoms with Crippen LogP contribution in [0, 0.1) is 0 Å². The average Bonchev–Trinajstić information content (AvgIpc) is 3.32. The lowest BCUT2D eigenvalue weighted by Crippen LogP contribution is -2.12. The Bertz CT molecular complexity index is 945. The van der Waals surface area contributed by atoms with Crippen molar-refractivity contribution in [2.45, 2.75) is 26.7 Å². The third kappa shape index (κ3) is 4.58. The van der Waals surface area contributed by atoms with E-state index in [1.54, 1.807) is 17.7 Å². The number of carbonyl (C=O) groups excluding carboxylic acids is 2. The van der Waals surface area contributed by atoms with Crippen molar-refractivity contribution in [3.63, 3.8) is 0 Å². The quantitative estimate of drug-likeness (QED) is 0.599. The van der Waals surface area contributed by atoms with Gasteiger partial charge in [0.15, 0.2) is 10.8 Å². The van der Waals surface area contributed by atoms with Crippen LogP contribution in [0.4, 0.5) is 5.13 Å². The first kappa shape index (κ1) is 19.2. The SMILES string of the molecule is CCOC(=O)c1csc(NC(=O)c2csc(-c3ccc(C(C)C)cc3)n2)n1. The van der Waals surface area contributed by atoms with Crippen LogP contribution >= 0.6 is 22.7 Å². The van der Waals surface area contributed by atoms with Crippen molar-refractivity contribution in [1.82, 2.24) is 9.97 Å². The van der Waals surface area contributed by atoms with Crippen LogP contribution in [0.1, 0.15) is 53.2 Å². The van der Waals surface area contributed by atoms with Crippen molar-refractivity contribution in [2.75, 3.05) is 11.9 Å². The van der Waals surface area contributed by atoms with Gasteiger partial charge in [0.25, 0.3) is 5.91 Å². The Morgan fingerprint density at radius 3 is 2.44 bits per heavy atom. The summed E-state index contributed by atoms with van der Waals surface area (Å²) in [4.78, 5) is 32.5. The Kier molecular flexibility index (Phi) is 5.98. The molecule has 0 unspecified atom stereocenters. The van der Waals surface area contributed by atoms with Gasteiger partial charge in [0, 0.05) is 16.3 Å². The molecule has 0 aliphatic carbocycles. The van der Waals surface area contributed by atoms with Crippen LogP contribution in [0.25, 0.3) is 10.6 Å². The van der Waals surface area contributed by atoms with Crippen molar-refractivity contribution in [3.05, 3.63) is 52.0 Å². The molecule has 1 aromatic carbocycles. The summed E-state index contributed by atoms with van der Waals surface area (Å²) in [7, 11) is 0. The van der Waals surface area contributed by atoms with Crippen LogP contribution in [0.5, 0.6) is 0 Å². The number of thiazole rings is 2. The van der Waals surface area contributed by atoms with Gasteiger partial charge >= 0.3 is 5.97 Å². The van der Waals surface area contributed by atoms with Crippen LogP contribution in [-0.4, -0.2) is 28.5 Å². The first-order valence-corrected chi connectivity index (χ1v) is 10.2. The van der Waals surface area contributed by atoms with Crippen molar-refractivity contribution in [1.29, 1.82) is 0 Å². The molecule has 2 heterocycles. The number of nitrogens with zero attached hydrogens (tertiary/aromatic N) is 2. The number of hydrogen-bond donors (Lipinski definition) is 1. The molecule has 3 aromatic rings. The lowest BCUT2D eigenvalue weighted by molar-refractivity contribution is 0.0520. The van der Waals surface area contributed by atoms with Crippen molar-refractivity contribution in [3.8, 4) is 10.6 Å². The maximum atomic E-state index is 12.4. The minimum absolute atomic E-state index is 0.182. The molecule has 0 saturated carbocycles. The zero-order valence-corrected chi connectivity index (χ0v) is 16.8. The van der Waals surface area contributed by atoms with Crippen LogP contribution in [0.15, 0.2) is 35.0 Å². The fraction of sp³-hybridized carbons (Fsp3) is 0.263. The number of rotatable bonds is 6. The third-order valence-electron chi connectivity index (χ3n) is 3.77. The zero-order valence-electron chi connectivity index (χ0n) is 15.2. The number of esters is 1. The van der Waals surface area contributed by atoms with E-state index >= 15 is 0 Å². The van der Waals surface area contributed by atoms with E-state index in [1.165, 1.54) is 28.2 Å². The van der Waals surface area contributed by atoms with E-state index in [2.05, 4.69) is 41.3 Å². The number of amides is 1. The molecule has 2 aromatic heterocycles. The normalized spacial score (nSPS) is 10.8. The van der Waals surface area contributed by atoms with E-state index in [0.717, 1.165) is 10.6 Å². The Morgan fingerprint density at radius 2 is 1.78 bits per heavy atom. The van der Waals surface area contributed by atoms with Gasteiger partial charge < -0.3 is 4.74 Å². The van der Waals surface area contributed by atoms with Gasteiger partial charge in [-0.25, -0.2) is 14.8 Å². The maximum absolute atomic E-state index is 12.4. The number of carbonyl (C=O) groups is 2. The molecule has 3 rings (SSSR count). The van der Waals surface area contributed by atoms with Gasteiger partial charge in [0.05, 0.1) is 6.61 Å². The highest BCUT2D eigenvalue weighted by atomic mass is 32.1. The fourth-order valence-electron chi connectivity index (χ4n) is 2.31. The zero-order chi connectivity index (χ0) is 19.4. The van der Waals surface area contributed by atoms with E-state index in [-0.39, 0.29) is 18.2 Å². The number of ether oxygens (including phenoxy) is 1. The Balaban J connectivity index is 1.69. The number of hydrogen-bond acceptors (Lipinski definition) is 7. The highest BCUT2D eigenvalue weighted by Gasteiger charge is 2.16. The van der Waals surface area contributed by atoms with E-state index < -0.39 is 5.97 Å². The van der Waals surface area contributed by atoms with Crippen molar-refractivity contribution >= 4 is 39.7 Å². The van der Waals surface area contributed by atoms with E-state index in [1.807, 2.05) is 12.1 Å². The van der Waals surface area contributed by atoms with Crippen LogP contribution in [0.3, 0.4) is 0 Å². The van der Waals surface area contributed by atoms with E-state index in [4.69, 9.17) is 4.74 Å². The minimum Gasteiger partial charge on any atom is -0.461 e. The molecule has 0 saturated heterocycles. The first-order valence-electron chi connectivity index (χ1n) is 8.47. The topological polar surface area (TPSA) is 81.2 Å². The number of benzene rings is 1. The summed E-state index contributed by atoms with van der Waals surface area (Å²) in [6.45, 7) is 6.29. The molecule has 6 nitrogen and oxygen atoms in total. The molecule has 1 N–H and O–H groups in total. The number of nitrogens with one attached hydrogen (secondary N) is 1. The number of aromatic nitrogens is 2. The summed E-state index contributed by atoms with van der Waals surface area (Å²) >= 11 is 2.58. The van der Waals surface area contributed by atoms with Gasteiger partial charge in [-0.2, -0.15) is 0 Å². The van der Waals surface area contributed by atoms with Gasteiger partial charge in [-0.3, -0.25) is 10.1 Å². The molecule has 0 radical (unpaired) electrons. The molecule has 1 amide bonds. The summed E-state index contributed by atoms with van der Waals surface area (Å²) in [6.07, 6.45) is 0. The van der Waals surface area contributed by atoms with Crippen LogP contribution in [0.2, 0.25) is 0 Å². The second kappa shape index (κ2) is 8.41. The summed E-state index contributed by atoms with van der Waals surface area (Å²) in [5, 5.41) is 7.04. The average molecular weight is 402 g/mol. The first-order chi connectivity index (χ1) is 13.0.